The first-order valence-electron chi connectivity index (χ1n) is 18.1. The lowest BCUT2D eigenvalue weighted by Gasteiger charge is -2.64. The summed E-state index contributed by atoms with van der Waals surface area (Å²) in [6.45, 7) is 15.4. The van der Waals surface area contributed by atoms with Gasteiger partial charge in [0.15, 0.2) is 11.6 Å². The number of aliphatic hydroxyl groups is 2. The van der Waals surface area contributed by atoms with Crippen molar-refractivity contribution in [1.82, 2.24) is 0 Å². The Bertz CT molecular complexity index is 1750. The van der Waals surface area contributed by atoms with Crippen molar-refractivity contribution >= 4 is 35.4 Å². The van der Waals surface area contributed by atoms with Gasteiger partial charge in [-0.3, -0.25) is 19.2 Å². The van der Waals surface area contributed by atoms with Crippen LogP contribution in [0.1, 0.15) is 93.6 Å². The van der Waals surface area contributed by atoms with Crippen LogP contribution in [0, 0.1) is 39.4 Å². The Morgan fingerprint density at radius 1 is 0.962 bits per heavy atom. The van der Waals surface area contributed by atoms with E-state index in [1.165, 1.54) is 32.1 Å². The minimum atomic E-state index is -2.11. The fraction of sp³-hybridized carbons (Fsp3) is 0.595. The Balaban J connectivity index is 1.57. The Labute approximate surface area is 306 Å². The number of rotatable bonds is 9. The molecular formula is C42H54O10. The number of ketones is 3. The van der Waals surface area contributed by atoms with Crippen LogP contribution >= 0.6 is 0 Å². The normalized spacial score (nSPS) is 35.2. The summed E-state index contributed by atoms with van der Waals surface area (Å²) in [7, 11) is 1.56. The van der Waals surface area contributed by atoms with Crippen LogP contribution in [0.25, 0.3) is 6.08 Å². The Hall–Kier alpha value is -3.89. The van der Waals surface area contributed by atoms with Crippen molar-refractivity contribution in [1.29, 1.82) is 0 Å². The molecule has 282 valence electrons. The third kappa shape index (κ3) is 6.29. The maximum atomic E-state index is 14.8. The molecular weight excluding hydrogens is 664 g/mol. The van der Waals surface area contributed by atoms with Crippen LogP contribution in [0.3, 0.4) is 0 Å². The van der Waals surface area contributed by atoms with Gasteiger partial charge in [0, 0.05) is 36.2 Å². The van der Waals surface area contributed by atoms with Gasteiger partial charge < -0.3 is 24.4 Å². The van der Waals surface area contributed by atoms with Crippen LogP contribution in [-0.2, 0) is 33.4 Å². The molecule has 1 aromatic rings. The van der Waals surface area contributed by atoms with E-state index in [-0.39, 0.29) is 42.7 Å². The van der Waals surface area contributed by atoms with Crippen molar-refractivity contribution in [2.75, 3.05) is 7.11 Å². The number of benzene rings is 1. The lowest BCUT2D eigenvalue weighted by Crippen LogP contribution is -2.65. The summed E-state index contributed by atoms with van der Waals surface area (Å²) in [5, 5.41) is 23.3. The van der Waals surface area contributed by atoms with E-state index >= 15 is 0 Å². The number of methoxy groups -OCH3 is 1. The number of carbonyl (C=O) groups excluding carboxylic acids is 5. The van der Waals surface area contributed by atoms with Crippen LogP contribution in [0.2, 0.25) is 0 Å². The van der Waals surface area contributed by atoms with E-state index in [0.29, 0.717) is 12.2 Å². The van der Waals surface area contributed by atoms with E-state index < -0.39 is 68.7 Å². The van der Waals surface area contributed by atoms with Gasteiger partial charge in [0.05, 0.1) is 7.11 Å². The Morgan fingerprint density at radius 3 is 2.19 bits per heavy atom. The van der Waals surface area contributed by atoms with E-state index in [0.717, 1.165) is 11.1 Å². The first-order valence-corrected chi connectivity index (χ1v) is 18.1. The standard InChI is InChI=1S/C42H54O10/c1-24(43)52-37(2,3)20-19-32(45)42(9,49)35-30(51-34(47)18-13-25-11-14-26(50-10)15-12-25)22-39(6)31-17-16-27-28(21-29(44)36(48)38(27,4)5)41(31,8)33(46)23-40(35,39)7/h11-16,18-20,28-31,35,44,49H,17,21-23H2,1-10H3/b18-13+,20-19+/t28-,29+,30-,31+,35+,39+,40-,41+,42+/m1/s1. The highest BCUT2D eigenvalue weighted by atomic mass is 16.6. The smallest absolute Gasteiger partial charge is 0.331 e. The average Bonchev–Trinajstić information content (AvgIpc) is 3.27. The van der Waals surface area contributed by atoms with Crippen molar-refractivity contribution in [2.45, 2.75) is 111 Å². The molecule has 10 nitrogen and oxygen atoms in total. The summed E-state index contributed by atoms with van der Waals surface area (Å²) in [5.41, 5.74) is -5.32. The number of Topliss-reactive ketones (excluding diaryl/α,β-unsaturated/α-hetero) is 2. The summed E-state index contributed by atoms with van der Waals surface area (Å²) in [5.74, 6) is -3.25. The highest BCUT2D eigenvalue weighted by Crippen LogP contribution is 2.74. The van der Waals surface area contributed by atoms with Gasteiger partial charge in [-0.15, -0.1) is 0 Å². The first kappa shape index (κ1) is 39.3. The summed E-state index contributed by atoms with van der Waals surface area (Å²) in [6, 6.07) is 7.12. The molecule has 2 N–H and O–H groups in total. The van der Waals surface area contributed by atoms with Crippen molar-refractivity contribution in [3.8, 4) is 5.75 Å². The molecule has 5 rings (SSSR count). The quantitative estimate of drug-likeness (QED) is 0.183. The van der Waals surface area contributed by atoms with E-state index in [4.69, 9.17) is 14.2 Å². The second-order valence-electron chi connectivity index (χ2n) is 17.3. The van der Waals surface area contributed by atoms with Crippen LogP contribution in [0.15, 0.2) is 54.1 Å². The fourth-order valence-electron chi connectivity index (χ4n) is 10.5. The number of carbonyl (C=O) groups is 5. The highest BCUT2D eigenvalue weighted by molar-refractivity contribution is 5.98. The number of esters is 2. The summed E-state index contributed by atoms with van der Waals surface area (Å²) < 4.78 is 16.7. The lowest BCUT2D eigenvalue weighted by atomic mass is 9.38. The largest absolute Gasteiger partial charge is 0.497 e. The maximum Gasteiger partial charge on any atom is 0.331 e. The summed E-state index contributed by atoms with van der Waals surface area (Å²) >= 11 is 0. The van der Waals surface area contributed by atoms with Crippen molar-refractivity contribution < 1.29 is 48.4 Å². The monoisotopic (exact) mass is 718 g/mol. The molecule has 10 heteroatoms. The van der Waals surface area contributed by atoms with Gasteiger partial charge in [0.25, 0.3) is 0 Å². The molecule has 0 aromatic heterocycles. The number of allylic oxidation sites excluding steroid dienone is 2. The molecule has 9 atom stereocenters. The van der Waals surface area contributed by atoms with Gasteiger partial charge in [-0.05, 0) is 112 Å². The van der Waals surface area contributed by atoms with E-state index in [2.05, 4.69) is 13.0 Å². The molecule has 52 heavy (non-hydrogen) atoms. The van der Waals surface area contributed by atoms with Crippen molar-refractivity contribution in [2.24, 2.45) is 39.4 Å². The number of ether oxygens (including phenoxy) is 3. The average molecular weight is 719 g/mol. The van der Waals surface area contributed by atoms with Crippen LogP contribution in [0.5, 0.6) is 5.75 Å². The third-order valence-electron chi connectivity index (χ3n) is 13.3. The molecule has 4 aliphatic carbocycles. The van der Waals surface area contributed by atoms with Crippen LogP contribution < -0.4 is 4.74 Å². The van der Waals surface area contributed by atoms with Gasteiger partial charge in [-0.2, -0.15) is 0 Å². The topological polar surface area (TPSA) is 154 Å². The molecule has 0 spiro atoms. The number of fused-ring (bicyclic) bond motifs is 5. The molecule has 3 fully saturated rings. The summed E-state index contributed by atoms with van der Waals surface area (Å²) in [4.78, 5) is 67.2. The minimum absolute atomic E-state index is 0.0166. The zero-order valence-electron chi connectivity index (χ0n) is 32.1. The summed E-state index contributed by atoms with van der Waals surface area (Å²) in [6.07, 6.45) is 6.24. The SMILES string of the molecule is COc1ccc(/C=C/C(=O)O[C@@H]2C[C@@]3(C)[C@@H]4CC=C5[C@@H](C[C@H](O)C(=O)C5(C)C)[C@]4(C)C(=O)C[C@]3(C)[C@H]2[C@@](C)(O)C(=O)/C=C/C(C)(C)OC(C)=O)cc1. The predicted molar refractivity (Wildman–Crippen MR) is 194 cm³/mol. The zero-order chi connectivity index (χ0) is 38.8. The molecule has 3 saturated carbocycles. The number of aliphatic hydroxyl groups excluding tert-OH is 1. The van der Waals surface area contributed by atoms with Gasteiger partial charge in [-0.25, -0.2) is 4.79 Å². The molecule has 0 heterocycles. The van der Waals surface area contributed by atoms with Crippen LogP contribution in [0.4, 0.5) is 0 Å². The number of hydrogen-bond acceptors (Lipinski definition) is 10. The lowest BCUT2D eigenvalue weighted by molar-refractivity contribution is -0.185. The van der Waals surface area contributed by atoms with E-state index in [1.807, 2.05) is 13.8 Å². The predicted octanol–water partition coefficient (Wildman–Crippen LogP) is 5.77. The highest BCUT2D eigenvalue weighted by Gasteiger charge is 2.75. The molecule has 0 radical (unpaired) electrons. The Kier molecular flexibility index (Phi) is 9.98. The fourth-order valence-corrected chi connectivity index (χ4v) is 10.5. The molecule has 0 amide bonds. The van der Waals surface area contributed by atoms with Gasteiger partial charge in [-0.1, -0.05) is 44.6 Å². The minimum Gasteiger partial charge on any atom is -0.497 e. The molecule has 0 saturated heterocycles. The number of hydrogen-bond donors (Lipinski definition) is 2. The maximum absolute atomic E-state index is 14.8. The van der Waals surface area contributed by atoms with E-state index in [9.17, 15) is 34.2 Å². The van der Waals surface area contributed by atoms with Crippen molar-refractivity contribution in [3.05, 3.63) is 59.7 Å². The Morgan fingerprint density at radius 2 is 1.60 bits per heavy atom. The van der Waals surface area contributed by atoms with Crippen LogP contribution in [-0.4, -0.2) is 70.0 Å². The van der Waals surface area contributed by atoms with Crippen molar-refractivity contribution in [3.63, 3.8) is 0 Å². The van der Waals surface area contributed by atoms with E-state index in [1.54, 1.807) is 65.1 Å². The second kappa shape index (κ2) is 13.2. The molecule has 4 aliphatic rings. The zero-order valence-corrected chi connectivity index (χ0v) is 32.1. The molecule has 0 aliphatic heterocycles. The third-order valence-corrected chi connectivity index (χ3v) is 13.3. The molecule has 0 bridgehead atoms. The van der Waals surface area contributed by atoms with Gasteiger partial charge >= 0.3 is 11.9 Å². The molecule has 0 unspecified atom stereocenters. The van der Waals surface area contributed by atoms with Gasteiger partial charge in [0.1, 0.15) is 34.9 Å². The van der Waals surface area contributed by atoms with Gasteiger partial charge in [0.2, 0.25) is 0 Å². The first-order chi connectivity index (χ1) is 24.0. The molecule has 1 aromatic carbocycles. The second-order valence-corrected chi connectivity index (χ2v) is 17.3.